The van der Waals surface area contributed by atoms with Crippen LogP contribution in [0, 0.1) is 23.7 Å². The normalized spacial score (nSPS) is 19.4. The minimum Gasteiger partial charge on any atom is -0.463 e. The molecule has 1 amide bonds. The molecule has 2 aromatic rings. The highest BCUT2D eigenvalue weighted by molar-refractivity contribution is 5.98. The van der Waals surface area contributed by atoms with Gasteiger partial charge in [-0.25, -0.2) is 4.79 Å². The zero-order valence-corrected chi connectivity index (χ0v) is 29.2. The fourth-order valence-corrected chi connectivity index (χ4v) is 4.63. The van der Waals surface area contributed by atoms with E-state index in [1.165, 1.54) is 13.1 Å². The third kappa shape index (κ3) is 10.6. The van der Waals surface area contributed by atoms with Crippen molar-refractivity contribution in [2.24, 2.45) is 23.7 Å². The molecule has 0 aliphatic carbocycles. The predicted molar refractivity (Wildman–Crippen MR) is 174 cm³/mol. The minimum absolute atomic E-state index is 0.0854. The van der Waals surface area contributed by atoms with E-state index in [1.807, 2.05) is 0 Å². The number of rotatable bonds is 13. The first kappa shape index (κ1) is 39.2. The summed E-state index contributed by atoms with van der Waals surface area (Å²) >= 11 is 0. The van der Waals surface area contributed by atoms with E-state index in [0.29, 0.717) is 0 Å². The molecule has 0 saturated carbocycles. The third-order valence-corrected chi connectivity index (χ3v) is 7.51. The molecule has 3 rings (SSSR count). The number of hydrogen-bond donors (Lipinski definition) is 1. The van der Waals surface area contributed by atoms with E-state index in [4.69, 9.17) is 28.4 Å². The topological polar surface area (TPSA) is 192 Å². The molecule has 1 aromatic heterocycles. The number of nitrogens with zero attached hydrogens (tertiary/aromatic N) is 1. The maximum absolute atomic E-state index is 13.9. The number of benzene rings is 1. The van der Waals surface area contributed by atoms with Crippen LogP contribution in [0.1, 0.15) is 64.5 Å². The molecular weight excluding hydrogens is 656 g/mol. The monoisotopic (exact) mass is 700 g/mol. The van der Waals surface area contributed by atoms with Crippen LogP contribution in [0.5, 0.6) is 5.75 Å². The van der Waals surface area contributed by atoms with E-state index in [2.05, 4.69) is 5.32 Å². The number of cyclic esters (lactones) is 2. The zero-order chi connectivity index (χ0) is 37.1. The smallest absolute Gasteiger partial charge is 0.332 e. The van der Waals surface area contributed by atoms with Gasteiger partial charge in [0, 0.05) is 12.3 Å². The lowest BCUT2D eigenvalue weighted by atomic mass is 9.91. The lowest BCUT2D eigenvalue weighted by Crippen LogP contribution is -2.47. The predicted octanol–water partition coefficient (Wildman–Crippen LogP) is 2.55. The average molecular weight is 701 g/mol. The number of ether oxygens (including phenoxy) is 6. The van der Waals surface area contributed by atoms with Crippen LogP contribution in [0.15, 0.2) is 47.4 Å². The van der Waals surface area contributed by atoms with Gasteiger partial charge in [-0.1, -0.05) is 71.9 Å². The number of pyridine rings is 1. The van der Waals surface area contributed by atoms with E-state index >= 15 is 0 Å². The summed E-state index contributed by atoms with van der Waals surface area (Å²) in [4.78, 5) is 90.7. The molecule has 15 heteroatoms. The summed E-state index contributed by atoms with van der Waals surface area (Å²) in [7, 11) is 0. The second kappa shape index (κ2) is 18.0. The molecule has 0 radical (unpaired) electrons. The van der Waals surface area contributed by atoms with E-state index in [0.717, 1.165) is 16.2 Å². The van der Waals surface area contributed by atoms with Crippen molar-refractivity contribution in [1.29, 1.82) is 0 Å². The zero-order valence-electron chi connectivity index (χ0n) is 29.2. The van der Waals surface area contributed by atoms with E-state index in [-0.39, 0.29) is 6.42 Å². The maximum atomic E-state index is 13.9. The highest BCUT2D eigenvalue weighted by Crippen LogP contribution is 2.25. The minimum atomic E-state index is -1.61. The Labute approximate surface area is 289 Å². The first-order valence-corrected chi connectivity index (χ1v) is 16.2. The molecule has 272 valence electrons. The highest BCUT2D eigenvalue weighted by Gasteiger charge is 2.42. The van der Waals surface area contributed by atoms with Crippen molar-refractivity contribution >= 4 is 35.8 Å². The second-order valence-electron chi connectivity index (χ2n) is 12.6. The molecule has 0 bridgehead atoms. The molecule has 4 atom stereocenters. The standard InChI is InChI=1S/C35H44N2O13/c1-19(2)31(40)46-17-37-14-13-26(38)29(47-18-48-32(41)20(3)4)27(37)30(39)36-25-16-45-34(43)24(15-23-11-9-8-10-12-23)28(22(7)49-35(25)44)50-33(42)21(5)6/h8-14,19-22,24-25,28H,15-18H2,1-7H3,(H,36,39)/t22?,24-,25?,28+/m1/s1. The van der Waals surface area contributed by atoms with Gasteiger partial charge in [0.25, 0.3) is 5.91 Å². The molecule has 0 spiro atoms. The Morgan fingerprint density at radius 1 is 0.860 bits per heavy atom. The van der Waals surface area contributed by atoms with Gasteiger partial charge in [0.05, 0.1) is 17.8 Å². The Morgan fingerprint density at radius 3 is 2.10 bits per heavy atom. The lowest BCUT2D eigenvalue weighted by Gasteiger charge is -2.29. The first-order valence-electron chi connectivity index (χ1n) is 16.2. The number of nitrogens with one attached hydrogen (secondary N) is 1. The number of hydrogen-bond acceptors (Lipinski definition) is 13. The molecule has 1 saturated heterocycles. The average Bonchev–Trinajstić information content (AvgIpc) is 3.10. The molecule has 2 heterocycles. The van der Waals surface area contributed by atoms with Crippen LogP contribution in [-0.2, 0) is 60.8 Å². The Bertz CT molecular complexity index is 1600. The maximum Gasteiger partial charge on any atom is 0.332 e. The molecule has 1 aromatic carbocycles. The van der Waals surface area contributed by atoms with Crippen molar-refractivity contribution in [2.45, 2.75) is 79.9 Å². The molecule has 1 fully saturated rings. The quantitative estimate of drug-likeness (QED) is 0.182. The van der Waals surface area contributed by atoms with Gasteiger partial charge < -0.3 is 38.3 Å². The SMILES string of the molecule is CC(C)C(=O)OCOc1c(C(=O)NC2COC(=O)[C@H](Cc3ccccc3)[C@@H](OC(=O)C(C)C)C(C)OC2=O)n(COC(=O)C(C)C)ccc1=O. The van der Waals surface area contributed by atoms with Crippen LogP contribution in [0.4, 0.5) is 0 Å². The largest absolute Gasteiger partial charge is 0.463 e. The molecule has 1 N–H and O–H groups in total. The van der Waals surface area contributed by atoms with Gasteiger partial charge in [-0.3, -0.25) is 28.8 Å². The van der Waals surface area contributed by atoms with Gasteiger partial charge >= 0.3 is 29.8 Å². The summed E-state index contributed by atoms with van der Waals surface area (Å²) in [6.45, 7) is 9.10. The van der Waals surface area contributed by atoms with Crippen molar-refractivity contribution in [1.82, 2.24) is 9.88 Å². The van der Waals surface area contributed by atoms with Crippen LogP contribution >= 0.6 is 0 Å². The summed E-state index contributed by atoms with van der Waals surface area (Å²) in [6.07, 6.45) is -1.14. The summed E-state index contributed by atoms with van der Waals surface area (Å²) in [5, 5.41) is 2.41. The van der Waals surface area contributed by atoms with Crippen molar-refractivity contribution in [3.05, 3.63) is 64.1 Å². The third-order valence-electron chi connectivity index (χ3n) is 7.51. The van der Waals surface area contributed by atoms with Crippen molar-refractivity contribution in [3.8, 4) is 5.75 Å². The molecule has 1 aliphatic rings. The number of carbonyl (C=O) groups excluding carboxylic acids is 6. The van der Waals surface area contributed by atoms with E-state index in [1.54, 1.807) is 71.9 Å². The van der Waals surface area contributed by atoms with Gasteiger partial charge in [0.1, 0.15) is 18.6 Å². The summed E-state index contributed by atoms with van der Waals surface area (Å²) in [6, 6.07) is 8.35. The van der Waals surface area contributed by atoms with Crippen LogP contribution < -0.4 is 15.5 Å². The lowest BCUT2D eigenvalue weighted by molar-refractivity contribution is -0.176. The summed E-state index contributed by atoms with van der Waals surface area (Å²) < 4.78 is 33.6. The molecule has 2 unspecified atom stereocenters. The number of aromatic nitrogens is 1. The van der Waals surface area contributed by atoms with Crippen LogP contribution in [-0.4, -0.2) is 72.0 Å². The Balaban J connectivity index is 1.96. The highest BCUT2D eigenvalue weighted by atomic mass is 16.7. The molecular formula is C35H44N2O13. The fraction of sp³-hybridized carbons (Fsp3) is 0.514. The molecule has 15 nitrogen and oxygen atoms in total. The fourth-order valence-electron chi connectivity index (χ4n) is 4.63. The Kier molecular flexibility index (Phi) is 14.1. The number of amides is 1. The van der Waals surface area contributed by atoms with Crippen LogP contribution in [0.2, 0.25) is 0 Å². The Hall–Kier alpha value is -5.21. The summed E-state index contributed by atoms with van der Waals surface area (Å²) in [5.74, 6) is -8.04. The van der Waals surface area contributed by atoms with Crippen molar-refractivity contribution < 1.29 is 57.2 Å². The number of esters is 5. The van der Waals surface area contributed by atoms with Crippen molar-refractivity contribution in [2.75, 3.05) is 13.4 Å². The van der Waals surface area contributed by atoms with Crippen LogP contribution in [0.25, 0.3) is 0 Å². The van der Waals surface area contributed by atoms with Crippen molar-refractivity contribution in [3.63, 3.8) is 0 Å². The molecule has 50 heavy (non-hydrogen) atoms. The van der Waals surface area contributed by atoms with Gasteiger partial charge in [0.2, 0.25) is 12.2 Å². The number of carbonyl (C=O) groups is 6. The Morgan fingerprint density at radius 2 is 1.48 bits per heavy atom. The van der Waals surface area contributed by atoms with E-state index in [9.17, 15) is 33.6 Å². The van der Waals surface area contributed by atoms with Gasteiger partial charge in [-0.15, -0.1) is 0 Å². The van der Waals surface area contributed by atoms with Gasteiger partial charge in [-0.05, 0) is 18.9 Å². The van der Waals surface area contributed by atoms with Gasteiger partial charge in [-0.2, -0.15) is 0 Å². The van der Waals surface area contributed by atoms with Crippen LogP contribution in [0.3, 0.4) is 0 Å². The summed E-state index contributed by atoms with van der Waals surface area (Å²) in [5.41, 5.74) is -0.556. The second-order valence-corrected chi connectivity index (χ2v) is 12.6. The van der Waals surface area contributed by atoms with E-state index < -0.39 is 115 Å². The first-order chi connectivity index (χ1) is 23.6. The van der Waals surface area contributed by atoms with Gasteiger partial charge in [0.15, 0.2) is 30.3 Å². The molecule has 1 aliphatic heterocycles.